The average Bonchev–Trinajstić information content (AvgIpc) is 3.04. The number of benzene rings is 3. The van der Waals surface area contributed by atoms with E-state index in [1.165, 1.54) is 17.0 Å². The lowest BCUT2D eigenvalue weighted by molar-refractivity contribution is -0.991. The Balaban J connectivity index is 1.51. The van der Waals surface area contributed by atoms with E-state index in [1.54, 1.807) is 12.1 Å². The molecule has 1 aliphatic heterocycles. The van der Waals surface area contributed by atoms with E-state index in [1.807, 2.05) is 19.1 Å². The molecule has 5 atom stereocenters. The first-order chi connectivity index (χ1) is 15.0. The molecule has 2 bridgehead atoms. The summed E-state index contributed by atoms with van der Waals surface area (Å²) < 4.78 is 0. The molecule has 2 N–H and O–H groups in total. The van der Waals surface area contributed by atoms with Gasteiger partial charge in [-0.1, -0.05) is 48.0 Å². The minimum atomic E-state index is -1.04. The minimum Gasteiger partial charge on any atom is -0.595 e. The topological polar surface area (TPSA) is 85.1 Å². The summed E-state index contributed by atoms with van der Waals surface area (Å²) in [7, 11) is 0. The quantitative estimate of drug-likeness (QED) is 0.501. The van der Waals surface area contributed by atoms with Crippen molar-refractivity contribution in [2.45, 2.75) is 18.8 Å². The van der Waals surface area contributed by atoms with Gasteiger partial charge in [-0.25, -0.2) is 10.1 Å². The summed E-state index contributed by atoms with van der Waals surface area (Å²) in [5, 5.41) is 19.3. The van der Waals surface area contributed by atoms with Crippen molar-refractivity contribution in [1.29, 1.82) is 0 Å². The largest absolute Gasteiger partial charge is 0.595 e. The Labute approximate surface area is 178 Å². The van der Waals surface area contributed by atoms with Crippen molar-refractivity contribution in [3.05, 3.63) is 99.8 Å². The number of nitrogens with zero attached hydrogens (tertiary/aromatic N) is 1. The van der Waals surface area contributed by atoms with Gasteiger partial charge in [0.05, 0.1) is 17.5 Å². The van der Waals surface area contributed by atoms with Crippen LogP contribution < -0.4 is 10.1 Å². The van der Waals surface area contributed by atoms with Crippen LogP contribution in [-0.4, -0.2) is 17.0 Å². The number of anilines is 1. The maximum absolute atomic E-state index is 13.7. The highest BCUT2D eigenvalue weighted by Crippen LogP contribution is 2.61. The number of hydrogen-bond acceptors (Lipinski definition) is 4. The third kappa shape index (κ3) is 2.38. The van der Waals surface area contributed by atoms with Crippen molar-refractivity contribution in [3.8, 4) is 0 Å². The van der Waals surface area contributed by atoms with Crippen molar-refractivity contribution >= 4 is 23.2 Å². The smallest absolute Gasteiger partial charge is 0.238 e. The summed E-state index contributed by atoms with van der Waals surface area (Å²) in [6.45, 7) is 2.05. The van der Waals surface area contributed by atoms with Crippen molar-refractivity contribution in [2.75, 3.05) is 4.90 Å². The zero-order valence-electron chi connectivity index (χ0n) is 16.8. The van der Waals surface area contributed by atoms with Crippen LogP contribution >= 0.6 is 0 Å². The highest BCUT2D eigenvalue weighted by atomic mass is 16.8. The fraction of sp³-hybridized carbons (Fsp3) is 0.200. The number of aryl methyl sites for hydroxylation is 1. The third-order valence-corrected chi connectivity index (χ3v) is 7.07. The summed E-state index contributed by atoms with van der Waals surface area (Å²) in [4.78, 5) is 28.6. The van der Waals surface area contributed by atoms with Gasteiger partial charge in [-0.3, -0.25) is 9.59 Å². The summed E-state index contributed by atoms with van der Waals surface area (Å²) in [5.74, 6) is -1.59. The SMILES string of the molecule is Cc1ccc2c(c1)[C@@H]1c3ccccc3[C@@H]2[C@@H]2C(=O)N(c3ccc([NH+]([O-])O)cc3)C(=O)[C@H]12. The Morgan fingerprint density at radius 3 is 1.94 bits per heavy atom. The molecule has 3 aromatic rings. The fourth-order valence-electron chi connectivity index (χ4n) is 5.85. The van der Waals surface area contributed by atoms with Crippen LogP contribution in [-0.2, 0) is 9.59 Å². The van der Waals surface area contributed by atoms with Crippen LogP contribution in [0.2, 0.25) is 0 Å². The maximum atomic E-state index is 13.7. The van der Waals surface area contributed by atoms with E-state index in [0.29, 0.717) is 5.69 Å². The Morgan fingerprint density at radius 2 is 1.35 bits per heavy atom. The predicted octanol–water partition coefficient (Wildman–Crippen LogP) is 2.80. The molecule has 1 saturated heterocycles. The van der Waals surface area contributed by atoms with Crippen molar-refractivity contribution in [1.82, 2.24) is 0 Å². The Kier molecular flexibility index (Phi) is 3.77. The highest BCUT2D eigenvalue weighted by molar-refractivity contribution is 6.23. The first kappa shape index (κ1) is 18.4. The number of amides is 2. The zero-order chi connectivity index (χ0) is 21.4. The van der Waals surface area contributed by atoms with Crippen molar-refractivity contribution < 1.29 is 20.0 Å². The molecule has 2 amide bonds. The number of quaternary nitrogens is 1. The minimum absolute atomic E-state index is 0.121. The molecule has 6 nitrogen and oxygen atoms in total. The maximum Gasteiger partial charge on any atom is 0.238 e. The lowest BCUT2D eigenvalue weighted by atomic mass is 9.55. The van der Waals surface area contributed by atoms with E-state index in [4.69, 9.17) is 5.21 Å². The molecule has 1 fully saturated rings. The van der Waals surface area contributed by atoms with Crippen LogP contribution in [0, 0.1) is 24.0 Å². The average molecular weight is 412 g/mol. The van der Waals surface area contributed by atoms with Gasteiger partial charge in [0.15, 0.2) is 5.69 Å². The molecule has 0 aromatic heterocycles. The zero-order valence-corrected chi connectivity index (χ0v) is 16.8. The Bertz CT molecular complexity index is 1250. The van der Waals surface area contributed by atoms with Crippen molar-refractivity contribution in [2.24, 2.45) is 11.8 Å². The number of carbonyl (C=O) groups is 2. The molecule has 1 unspecified atom stereocenters. The second-order valence-corrected chi connectivity index (χ2v) is 8.63. The van der Waals surface area contributed by atoms with E-state index >= 15 is 0 Å². The summed E-state index contributed by atoms with van der Waals surface area (Å²) in [5.41, 5.74) is 6.24. The van der Waals surface area contributed by atoms with Crippen LogP contribution in [0.3, 0.4) is 0 Å². The molecule has 4 aliphatic rings. The standard InChI is InChI=1S/C25H20N2O4/c1-13-6-11-18-19(12-13)21-17-5-3-2-4-16(17)20(18)22-23(21)25(29)26(24(22)28)14-7-9-15(10-8-14)27(30)31/h2-12,20-23,27,30H,1H3/t20-,21-,22-,23+/m0/s1. The molecule has 3 aliphatic carbocycles. The molecular weight excluding hydrogens is 392 g/mol. The first-order valence-corrected chi connectivity index (χ1v) is 10.4. The van der Waals surface area contributed by atoms with Gasteiger partial charge in [0.2, 0.25) is 11.8 Å². The molecule has 154 valence electrons. The van der Waals surface area contributed by atoms with Gasteiger partial charge in [0, 0.05) is 24.0 Å². The van der Waals surface area contributed by atoms with Gasteiger partial charge in [-0.15, -0.1) is 0 Å². The van der Waals surface area contributed by atoms with E-state index in [9.17, 15) is 14.8 Å². The van der Waals surface area contributed by atoms with E-state index < -0.39 is 17.1 Å². The molecule has 0 saturated carbocycles. The van der Waals surface area contributed by atoms with Gasteiger partial charge in [-0.2, -0.15) is 5.23 Å². The Morgan fingerprint density at radius 1 is 0.806 bits per heavy atom. The first-order valence-electron chi connectivity index (χ1n) is 10.4. The van der Waals surface area contributed by atoms with Gasteiger partial charge in [-0.05, 0) is 41.3 Å². The molecule has 0 radical (unpaired) electrons. The molecule has 31 heavy (non-hydrogen) atoms. The van der Waals surface area contributed by atoms with E-state index in [-0.39, 0.29) is 29.3 Å². The van der Waals surface area contributed by atoms with Crippen LogP contribution in [0.25, 0.3) is 0 Å². The normalized spacial score (nSPS) is 26.5. The lowest BCUT2D eigenvalue weighted by Gasteiger charge is -2.46. The number of nitrogens with one attached hydrogen (secondary N) is 1. The van der Waals surface area contributed by atoms with Gasteiger partial charge < -0.3 is 5.21 Å². The number of rotatable bonds is 2. The van der Waals surface area contributed by atoms with Crippen LogP contribution in [0.15, 0.2) is 66.7 Å². The third-order valence-electron chi connectivity index (χ3n) is 7.07. The fourth-order valence-corrected chi connectivity index (χ4v) is 5.85. The van der Waals surface area contributed by atoms with E-state index in [2.05, 4.69) is 30.3 Å². The monoisotopic (exact) mass is 412 g/mol. The van der Waals surface area contributed by atoms with Gasteiger partial charge in [0.25, 0.3) is 0 Å². The number of imide groups is 1. The molecule has 3 aromatic carbocycles. The molecular formula is C25H20N2O4. The highest BCUT2D eigenvalue weighted by Gasteiger charge is 2.61. The molecule has 6 heteroatoms. The predicted molar refractivity (Wildman–Crippen MR) is 113 cm³/mol. The second kappa shape index (κ2) is 6.34. The van der Waals surface area contributed by atoms with Crippen molar-refractivity contribution in [3.63, 3.8) is 0 Å². The summed E-state index contributed by atoms with van der Waals surface area (Å²) in [6.07, 6.45) is 0. The lowest BCUT2D eigenvalue weighted by Crippen LogP contribution is -2.99. The van der Waals surface area contributed by atoms with Crippen LogP contribution in [0.5, 0.6) is 0 Å². The molecule has 7 rings (SSSR count). The Hall–Kier alpha value is -3.32. The molecule has 1 heterocycles. The van der Waals surface area contributed by atoms with E-state index in [0.717, 1.165) is 27.8 Å². The number of hydrogen-bond donors (Lipinski definition) is 2. The number of carbonyl (C=O) groups excluding carboxylic acids is 2. The van der Waals surface area contributed by atoms with Gasteiger partial charge >= 0.3 is 0 Å². The summed E-state index contributed by atoms with van der Waals surface area (Å²) >= 11 is 0. The molecule has 0 spiro atoms. The van der Waals surface area contributed by atoms with Gasteiger partial charge in [0.1, 0.15) is 0 Å². The van der Waals surface area contributed by atoms with Crippen LogP contribution in [0.1, 0.15) is 39.7 Å². The second-order valence-electron chi connectivity index (χ2n) is 8.63. The summed E-state index contributed by atoms with van der Waals surface area (Å²) in [6, 6.07) is 20.4. The van der Waals surface area contributed by atoms with Crippen LogP contribution in [0.4, 0.5) is 11.4 Å².